The van der Waals surface area contributed by atoms with Crippen molar-refractivity contribution in [1.82, 2.24) is 5.32 Å². The summed E-state index contributed by atoms with van der Waals surface area (Å²) < 4.78 is 23.8. The Hall–Kier alpha value is -0.130. The van der Waals surface area contributed by atoms with Gasteiger partial charge in [-0.3, -0.25) is 0 Å². The fourth-order valence-electron chi connectivity index (χ4n) is 3.71. The molecule has 0 aromatic heterocycles. The molecule has 0 amide bonds. The van der Waals surface area contributed by atoms with Crippen molar-refractivity contribution in [2.45, 2.75) is 68.2 Å². The van der Waals surface area contributed by atoms with Crippen LogP contribution in [0.1, 0.15) is 51.4 Å². The monoisotopic (exact) mass is 275 g/mol. The lowest BCUT2D eigenvalue weighted by Crippen LogP contribution is -2.59. The molecular weight excluding hydrogens is 250 g/mol. The molecule has 2 unspecified atom stereocenters. The molecule has 0 aliphatic heterocycles. The van der Waals surface area contributed by atoms with Crippen molar-refractivity contribution in [3.8, 4) is 0 Å². The first-order chi connectivity index (χ1) is 8.48. The highest BCUT2D eigenvalue weighted by molar-refractivity contribution is 7.91. The van der Waals surface area contributed by atoms with Crippen LogP contribution in [0.2, 0.25) is 0 Å². The highest BCUT2D eigenvalue weighted by Gasteiger charge is 2.48. The van der Waals surface area contributed by atoms with E-state index in [0.29, 0.717) is 12.5 Å². The number of aliphatic hydroxyl groups excluding tert-OH is 1. The summed E-state index contributed by atoms with van der Waals surface area (Å²) in [4.78, 5) is 0. The van der Waals surface area contributed by atoms with Gasteiger partial charge in [-0.15, -0.1) is 0 Å². The highest BCUT2D eigenvalue weighted by Crippen LogP contribution is 2.36. The molecule has 0 spiro atoms. The van der Waals surface area contributed by atoms with E-state index in [9.17, 15) is 13.5 Å². The second-order valence-electron chi connectivity index (χ2n) is 6.00. The van der Waals surface area contributed by atoms with Crippen molar-refractivity contribution >= 4 is 9.84 Å². The Bertz CT molecular complexity index is 376. The van der Waals surface area contributed by atoms with Crippen LogP contribution in [-0.4, -0.2) is 43.2 Å². The Morgan fingerprint density at radius 2 is 1.83 bits per heavy atom. The van der Waals surface area contributed by atoms with Crippen LogP contribution in [0.25, 0.3) is 0 Å². The zero-order valence-electron chi connectivity index (χ0n) is 11.2. The van der Waals surface area contributed by atoms with Crippen molar-refractivity contribution in [2.24, 2.45) is 0 Å². The molecule has 2 atom stereocenters. The summed E-state index contributed by atoms with van der Waals surface area (Å²) >= 11 is 0. The van der Waals surface area contributed by atoms with Gasteiger partial charge in [0.25, 0.3) is 0 Å². The molecule has 2 saturated carbocycles. The predicted octanol–water partition coefficient (Wildman–Crippen LogP) is 1.24. The van der Waals surface area contributed by atoms with Crippen LogP contribution in [0.3, 0.4) is 0 Å². The van der Waals surface area contributed by atoms with Gasteiger partial charge >= 0.3 is 0 Å². The Morgan fingerprint density at radius 1 is 1.17 bits per heavy atom. The maximum Gasteiger partial charge on any atom is 0.152 e. The molecule has 0 bridgehead atoms. The Morgan fingerprint density at radius 3 is 2.39 bits per heavy atom. The Kier molecular flexibility index (Phi) is 4.34. The van der Waals surface area contributed by atoms with Crippen LogP contribution >= 0.6 is 0 Å². The molecule has 0 radical (unpaired) electrons. The Labute approximate surface area is 110 Å². The van der Waals surface area contributed by atoms with Crippen LogP contribution in [0.4, 0.5) is 0 Å². The van der Waals surface area contributed by atoms with E-state index in [4.69, 9.17) is 0 Å². The molecule has 0 aromatic rings. The molecule has 2 aliphatic carbocycles. The van der Waals surface area contributed by atoms with E-state index in [1.807, 2.05) is 0 Å². The molecule has 0 aromatic carbocycles. The zero-order valence-corrected chi connectivity index (χ0v) is 12.0. The molecule has 0 saturated heterocycles. The van der Waals surface area contributed by atoms with Crippen molar-refractivity contribution < 1.29 is 13.5 Å². The number of nitrogens with one attached hydrogen (secondary N) is 1. The molecule has 2 rings (SSSR count). The third kappa shape index (κ3) is 2.89. The third-order valence-corrected chi connectivity index (χ3v) is 6.32. The van der Waals surface area contributed by atoms with Crippen LogP contribution in [-0.2, 0) is 9.84 Å². The maximum atomic E-state index is 11.9. The lowest BCUT2D eigenvalue weighted by molar-refractivity contribution is 0.143. The molecule has 5 heteroatoms. The first kappa shape index (κ1) is 14.3. The first-order valence-corrected chi connectivity index (χ1v) is 9.01. The van der Waals surface area contributed by atoms with Gasteiger partial charge in [-0.05, 0) is 25.7 Å². The number of rotatable bonds is 4. The maximum absolute atomic E-state index is 11.9. The second kappa shape index (κ2) is 5.47. The standard InChI is InChI=1S/C13H25NO3S/c1-18(16,17)12-8-5-9-13(12,10-15)14-11-6-3-2-4-7-11/h11-12,14-15H,2-10H2,1H3. The van der Waals surface area contributed by atoms with Crippen molar-refractivity contribution in [3.63, 3.8) is 0 Å². The van der Waals surface area contributed by atoms with Gasteiger partial charge in [0.15, 0.2) is 9.84 Å². The van der Waals surface area contributed by atoms with E-state index < -0.39 is 20.6 Å². The fourth-order valence-corrected chi connectivity index (χ4v) is 5.38. The number of aliphatic hydroxyl groups is 1. The van der Waals surface area contributed by atoms with E-state index in [0.717, 1.165) is 25.7 Å². The molecule has 106 valence electrons. The minimum absolute atomic E-state index is 0.0682. The van der Waals surface area contributed by atoms with Crippen LogP contribution in [0, 0.1) is 0 Å². The summed E-state index contributed by atoms with van der Waals surface area (Å²) in [6, 6.07) is 0.383. The van der Waals surface area contributed by atoms with E-state index >= 15 is 0 Å². The molecule has 2 N–H and O–H groups in total. The quantitative estimate of drug-likeness (QED) is 0.810. The van der Waals surface area contributed by atoms with E-state index in [1.54, 1.807) is 0 Å². The summed E-state index contributed by atoms with van der Waals surface area (Å²) in [5.41, 5.74) is -0.588. The summed E-state index contributed by atoms with van der Waals surface area (Å²) in [7, 11) is -3.10. The summed E-state index contributed by atoms with van der Waals surface area (Å²) in [6.07, 6.45) is 9.56. The van der Waals surface area contributed by atoms with Gasteiger partial charge in [0, 0.05) is 12.3 Å². The van der Waals surface area contributed by atoms with Gasteiger partial charge in [0.1, 0.15) is 0 Å². The van der Waals surface area contributed by atoms with Gasteiger partial charge in [-0.1, -0.05) is 25.7 Å². The summed E-state index contributed by atoms with van der Waals surface area (Å²) in [5.74, 6) is 0. The average molecular weight is 275 g/mol. The smallest absolute Gasteiger partial charge is 0.152 e. The number of sulfone groups is 1. The van der Waals surface area contributed by atoms with Crippen molar-refractivity contribution in [3.05, 3.63) is 0 Å². The van der Waals surface area contributed by atoms with E-state index in [-0.39, 0.29) is 6.61 Å². The molecule has 18 heavy (non-hydrogen) atoms. The third-order valence-electron chi connectivity index (χ3n) is 4.60. The molecule has 2 aliphatic rings. The normalized spacial score (nSPS) is 34.9. The van der Waals surface area contributed by atoms with Crippen LogP contribution in [0.5, 0.6) is 0 Å². The van der Waals surface area contributed by atoms with Crippen molar-refractivity contribution in [2.75, 3.05) is 12.9 Å². The second-order valence-corrected chi connectivity index (χ2v) is 8.23. The zero-order chi connectivity index (χ0) is 13.2. The van der Waals surface area contributed by atoms with E-state index in [1.165, 1.54) is 25.5 Å². The van der Waals surface area contributed by atoms with Gasteiger partial charge in [0.2, 0.25) is 0 Å². The van der Waals surface area contributed by atoms with E-state index in [2.05, 4.69) is 5.32 Å². The lowest BCUT2D eigenvalue weighted by atomic mass is 9.90. The Balaban J connectivity index is 2.13. The first-order valence-electron chi connectivity index (χ1n) is 7.05. The van der Waals surface area contributed by atoms with Crippen molar-refractivity contribution in [1.29, 1.82) is 0 Å². The van der Waals surface area contributed by atoms with Gasteiger partial charge in [0.05, 0.1) is 17.4 Å². The van der Waals surface area contributed by atoms with Crippen LogP contribution in [0.15, 0.2) is 0 Å². The van der Waals surface area contributed by atoms with Gasteiger partial charge in [-0.25, -0.2) is 8.42 Å². The largest absolute Gasteiger partial charge is 0.394 e. The SMILES string of the molecule is CS(=O)(=O)C1CCCC1(CO)NC1CCCCC1. The summed E-state index contributed by atoms with van der Waals surface area (Å²) in [6.45, 7) is -0.0682. The molecule has 4 nitrogen and oxygen atoms in total. The lowest BCUT2D eigenvalue weighted by Gasteiger charge is -2.39. The minimum Gasteiger partial charge on any atom is -0.394 e. The summed E-state index contributed by atoms with van der Waals surface area (Å²) in [5, 5.41) is 12.8. The predicted molar refractivity (Wildman–Crippen MR) is 72.3 cm³/mol. The molecule has 2 fully saturated rings. The fraction of sp³-hybridized carbons (Fsp3) is 1.00. The topological polar surface area (TPSA) is 66.4 Å². The van der Waals surface area contributed by atoms with Crippen LogP contribution < -0.4 is 5.32 Å². The molecule has 0 heterocycles. The van der Waals surface area contributed by atoms with Gasteiger partial charge < -0.3 is 10.4 Å². The average Bonchev–Trinajstić information content (AvgIpc) is 2.74. The van der Waals surface area contributed by atoms with Gasteiger partial charge in [-0.2, -0.15) is 0 Å². The highest BCUT2D eigenvalue weighted by atomic mass is 32.2. The molecular formula is C13H25NO3S. The number of hydrogen-bond donors (Lipinski definition) is 2. The minimum atomic E-state index is -3.10. The number of hydrogen-bond acceptors (Lipinski definition) is 4.